The first-order chi connectivity index (χ1) is 21.9. The second-order valence-electron chi connectivity index (χ2n) is 11.0. The van der Waals surface area contributed by atoms with E-state index in [1.807, 2.05) is 0 Å². The molecule has 7 N–H and O–H groups in total. The molecule has 0 spiro atoms. The number of fused-ring (bicyclic) bond motifs is 5. The van der Waals surface area contributed by atoms with Crippen LogP contribution in [0.2, 0.25) is 0 Å². The van der Waals surface area contributed by atoms with Crippen LogP contribution in [0.1, 0.15) is 11.8 Å². The summed E-state index contributed by atoms with van der Waals surface area (Å²) in [4.78, 5) is 29.1. The number of ether oxygens (including phenoxy) is 2. The molecule has 3 aromatic rings. The van der Waals surface area contributed by atoms with Gasteiger partial charge in [0.2, 0.25) is 0 Å². The average Bonchev–Trinajstić information content (AvgIpc) is 3.77. The van der Waals surface area contributed by atoms with E-state index < -0.39 is 75.2 Å². The number of hydrogen-bond donors (Lipinski definition) is 7. The van der Waals surface area contributed by atoms with Crippen molar-refractivity contribution in [1.29, 1.82) is 0 Å². The third-order valence-electron chi connectivity index (χ3n) is 8.26. The van der Waals surface area contributed by atoms with Gasteiger partial charge in [-0.05, 0) is 0 Å². The molecule has 0 aliphatic carbocycles. The van der Waals surface area contributed by atoms with Crippen molar-refractivity contribution in [2.75, 3.05) is 43.2 Å². The summed E-state index contributed by atoms with van der Waals surface area (Å²) in [5.41, 5.74) is 12.2. The van der Waals surface area contributed by atoms with Crippen LogP contribution in [0.3, 0.4) is 0 Å². The van der Waals surface area contributed by atoms with Crippen molar-refractivity contribution < 1.29 is 46.9 Å². The van der Waals surface area contributed by atoms with E-state index in [0.717, 1.165) is 0 Å². The number of nitrogen functional groups attached to an aromatic ring is 2. The van der Waals surface area contributed by atoms with E-state index in [1.165, 1.54) is 18.0 Å². The molecule has 9 atom stereocenters. The summed E-state index contributed by atoms with van der Waals surface area (Å²) in [6.07, 6.45) is -6.40. The Kier molecular flexibility index (Phi) is 8.53. The number of nitrogens with two attached hydrogens (primary N) is 2. The molecule has 2 bridgehead atoms. The Morgan fingerprint density at radius 2 is 1.93 bits per heavy atom. The molecule has 7 heterocycles. The van der Waals surface area contributed by atoms with Crippen molar-refractivity contribution in [3.8, 4) is 0 Å². The minimum atomic E-state index is -4.24. The number of H-pyrrole nitrogens is 1. The van der Waals surface area contributed by atoms with E-state index in [1.54, 1.807) is 17.2 Å². The molecular weight excluding hydrogens is 690 g/mol. The Labute approximate surface area is 271 Å². The van der Waals surface area contributed by atoms with Crippen LogP contribution in [0, 0.1) is 0 Å². The number of nitrogens with one attached hydrogen (secondary N) is 1. The van der Waals surface area contributed by atoms with Crippen LogP contribution in [0.15, 0.2) is 23.4 Å². The zero-order valence-corrected chi connectivity index (χ0v) is 27.7. The van der Waals surface area contributed by atoms with Gasteiger partial charge >= 0.3 is 272 Å². The topological polar surface area (TPSA) is 254 Å². The summed E-state index contributed by atoms with van der Waals surface area (Å²) in [5.74, 6) is 0.389. The molecule has 23 heteroatoms. The van der Waals surface area contributed by atoms with Gasteiger partial charge in [0.1, 0.15) is 0 Å². The third kappa shape index (κ3) is 5.70. The summed E-state index contributed by atoms with van der Waals surface area (Å²) in [6.45, 7) is -4.75. The summed E-state index contributed by atoms with van der Waals surface area (Å²) in [7, 11) is -2.62. The minimum absolute atomic E-state index is 0.101. The fourth-order valence-corrected chi connectivity index (χ4v) is 9.38. The van der Waals surface area contributed by atoms with Crippen molar-refractivity contribution in [2.24, 2.45) is 0 Å². The van der Waals surface area contributed by atoms with Crippen molar-refractivity contribution >= 4 is 67.1 Å². The van der Waals surface area contributed by atoms with Crippen LogP contribution < -0.4 is 21.9 Å². The van der Waals surface area contributed by atoms with Gasteiger partial charge in [-0.3, -0.25) is 0 Å². The molecule has 4 aliphatic heterocycles. The zero-order valence-electron chi connectivity index (χ0n) is 24.0. The molecule has 3 saturated heterocycles. The first-order valence-corrected chi connectivity index (χ1v) is 19.7. The number of aliphatic hydroxyl groups is 2. The third-order valence-corrected chi connectivity index (χ3v) is 12.7. The molecule has 9 unspecified atom stereocenters. The van der Waals surface area contributed by atoms with Gasteiger partial charge in [-0.25, -0.2) is 0 Å². The van der Waals surface area contributed by atoms with Gasteiger partial charge in [0.15, 0.2) is 0 Å². The number of rotatable bonds is 3. The van der Waals surface area contributed by atoms with Crippen LogP contribution in [-0.2, 0) is 43.1 Å². The standard InChI is InChI=1S/C23H32N8O11P2S2/c1-36-44(46)38-7-12-15(14(33)21(40-12)30-4-2-9-17(24)26-8-27-18(9)30)41-43(35,45)37-6-11-13(32)16(42-44)22(39-11)31-5-3-10-19(31)28-23(25)29-20(10)34/h2,4,8,11-16,21-22,32-33,44,46H,3,5-7H2,1H3,(H,35,45)(H2,24,26,27)(H3,25,28,29,34). The Bertz CT molecular complexity index is 1760. The summed E-state index contributed by atoms with van der Waals surface area (Å²) < 4.78 is 56.7. The van der Waals surface area contributed by atoms with E-state index in [2.05, 4.69) is 44.4 Å². The predicted octanol–water partition coefficient (Wildman–Crippen LogP) is -0.0730. The van der Waals surface area contributed by atoms with E-state index >= 15 is 0 Å². The van der Waals surface area contributed by atoms with Crippen molar-refractivity contribution in [3.05, 3.63) is 34.5 Å². The number of aromatic nitrogens is 5. The normalized spacial score (nSPS) is 36.8. The van der Waals surface area contributed by atoms with Crippen molar-refractivity contribution in [2.45, 2.75) is 55.5 Å². The molecule has 0 saturated carbocycles. The number of anilines is 3. The Morgan fingerprint density at radius 3 is 2.72 bits per heavy atom. The molecule has 0 radical (unpaired) electrons. The molecule has 0 aromatic carbocycles. The van der Waals surface area contributed by atoms with E-state index in [0.29, 0.717) is 23.0 Å². The molecule has 19 nitrogen and oxygen atoms in total. The summed E-state index contributed by atoms with van der Waals surface area (Å²) in [6, 6.07) is 1.67. The number of thiol groups is 2. The summed E-state index contributed by atoms with van der Waals surface area (Å²) in [5, 5.41) is 23.3. The second kappa shape index (κ2) is 12.1. The SMILES string of the molecule is CO[PH]1(S)OCC2OC(n3ccc4c(N)ncnc43)C(O)C2OP(=O)(S)OCC2OC(N3CCc4c3nc(N)[nH]c4=O)C(O1)C2O. The quantitative estimate of drug-likeness (QED) is 0.138. The first kappa shape index (κ1) is 32.4. The van der Waals surface area contributed by atoms with Crippen molar-refractivity contribution in [1.82, 2.24) is 24.5 Å². The van der Waals surface area contributed by atoms with Gasteiger partial charge in [0.05, 0.1) is 0 Å². The number of nitrogens with zero attached hydrogens (tertiary/aromatic N) is 5. The maximum absolute atomic E-state index is 13.5. The first-order valence-electron chi connectivity index (χ1n) is 14.0. The van der Waals surface area contributed by atoms with Gasteiger partial charge in [-0.15, -0.1) is 0 Å². The monoisotopic (exact) mass is 722 g/mol. The molecular formula is C23H32N8O11P2S2. The molecule has 7 rings (SSSR count). The van der Waals surface area contributed by atoms with Crippen LogP contribution in [-0.4, -0.2) is 104 Å². The molecule has 252 valence electrons. The van der Waals surface area contributed by atoms with Crippen LogP contribution in [0.5, 0.6) is 0 Å². The van der Waals surface area contributed by atoms with E-state index in [9.17, 15) is 19.6 Å². The molecule has 3 fully saturated rings. The molecule has 3 aromatic heterocycles. The van der Waals surface area contributed by atoms with Crippen LogP contribution in [0.25, 0.3) is 11.0 Å². The maximum atomic E-state index is 13.5. The van der Waals surface area contributed by atoms with Crippen molar-refractivity contribution in [3.63, 3.8) is 0 Å². The van der Waals surface area contributed by atoms with Crippen LogP contribution >= 0.6 is 38.4 Å². The number of hydrogen-bond acceptors (Lipinski definition) is 18. The number of aliphatic hydroxyl groups excluding tert-OH is 2. The van der Waals surface area contributed by atoms with E-state index in [4.69, 9.17) is 43.6 Å². The van der Waals surface area contributed by atoms with Gasteiger partial charge in [-0.2, -0.15) is 0 Å². The van der Waals surface area contributed by atoms with E-state index in [-0.39, 0.29) is 30.7 Å². The van der Waals surface area contributed by atoms with Crippen LogP contribution in [0.4, 0.5) is 17.6 Å². The predicted molar refractivity (Wildman–Crippen MR) is 169 cm³/mol. The molecule has 46 heavy (non-hydrogen) atoms. The average molecular weight is 723 g/mol. The molecule has 4 aliphatic rings. The van der Waals surface area contributed by atoms with Gasteiger partial charge in [-0.1, -0.05) is 0 Å². The second-order valence-corrected chi connectivity index (χ2v) is 17.5. The summed E-state index contributed by atoms with van der Waals surface area (Å²) >= 11 is 8.75. The zero-order chi connectivity index (χ0) is 32.5. The van der Waals surface area contributed by atoms with Gasteiger partial charge in [0.25, 0.3) is 0 Å². The fraction of sp³-hybridized carbons (Fsp3) is 0.565. The van der Waals surface area contributed by atoms with Gasteiger partial charge in [0, 0.05) is 0 Å². The van der Waals surface area contributed by atoms with Gasteiger partial charge < -0.3 is 0 Å². The Morgan fingerprint density at radius 1 is 1.15 bits per heavy atom. The number of aromatic amines is 1. The molecule has 0 amide bonds. The Balaban J connectivity index is 1.20. The fourth-order valence-electron chi connectivity index (χ4n) is 6.05. The Hall–Kier alpha value is -2.10.